The summed E-state index contributed by atoms with van der Waals surface area (Å²) in [5.74, 6) is -0.412. The van der Waals surface area contributed by atoms with E-state index in [0.29, 0.717) is 12.8 Å². The molecule has 1 N–H and O–H groups in total. The Morgan fingerprint density at radius 2 is 2.44 bits per heavy atom. The van der Waals surface area contributed by atoms with Crippen LogP contribution in [0.3, 0.4) is 0 Å². The van der Waals surface area contributed by atoms with Crippen LogP contribution in [0, 0.1) is 0 Å². The number of hydrogen-bond acceptors (Lipinski definition) is 3. The monoisotopic (exact) mass is 131 g/mol. The fraction of sp³-hybridized carbons (Fsp3) is 0.600. The van der Waals surface area contributed by atoms with Crippen LogP contribution in [-0.4, -0.2) is 12.4 Å². The Kier molecular flexibility index (Phi) is 4.49. The molecule has 0 radical (unpaired) electrons. The highest BCUT2D eigenvalue weighted by molar-refractivity contribution is 5.69. The molecule has 0 bridgehead atoms. The van der Waals surface area contributed by atoms with Gasteiger partial charge in [-0.1, -0.05) is 6.92 Å². The van der Waals surface area contributed by atoms with Gasteiger partial charge in [0.15, 0.2) is 0 Å². The minimum atomic E-state index is -0.412. The van der Waals surface area contributed by atoms with Crippen LogP contribution in [0.4, 0.5) is 0 Å². The number of nitrogens with one attached hydrogen (secondary N) is 1. The summed E-state index contributed by atoms with van der Waals surface area (Å²) < 4.78 is 0. The van der Waals surface area contributed by atoms with Crippen LogP contribution in [0.5, 0.6) is 0 Å². The summed E-state index contributed by atoms with van der Waals surface area (Å²) in [6.45, 7) is 1.85. The second-order valence-corrected chi connectivity index (χ2v) is 1.46. The quantitative estimate of drug-likeness (QED) is 0.431. The maximum Gasteiger partial charge on any atom is 0.332 e. The van der Waals surface area contributed by atoms with Gasteiger partial charge < -0.3 is 4.84 Å². The lowest BCUT2D eigenvalue weighted by Crippen LogP contribution is -2.17. The molecule has 0 aromatic carbocycles. The Morgan fingerprint density at radius 3 is 2.89 bits per heavy atom. The number of hydrogen-bond donors (Lipinski definition) is 1. The molecule has 4 nitrogen and oxygen atoms in total. The minimum absolute atomic E-state index is 0.313. The molecule has 0 atom stereocenters. The van der Waals surface area contributed by atoms with Crippen molar-refractivity contribution in [3.63, 3.8) is 0 Å². The van der Waals surface area contributed by atoms with Crippen molar-refractivity contribution >= 4 is 12.4 Å². The molecule has 0 aromatic heterocycles. The first-order chi connectivity index (χ1) is 4.31. The molecule has 9 heavy (non-hydrogen) atoms. The van der Waals surface area contributed by atoms with E-state index in [2.05, 4.69) is 4.84 Å². The molecule has 0 aliphatic heterocycles. The first-order valence-corrected chi connectivity index (χ1v) is 2.70. The van der Waals surface area contributed by atoms with Crippen LogP contribution >= 0.6 is 0 Å². The maximum atomic E-state index is 10.4. The third-order valence-electron chi connectivity index (χ3n) is 0.675. The van der Waals surface area contributed by atoms with E-state index in [1.165, 1.54) is 0 Å². The zero-order valence-electron chi connectivity index (χ0n) is 5.22. The van der Waals surface area contributed by atoms with E-state index < -0.39 is 5.97 Å². The van der Waals surface area contributed by atoms with E-state index in [0.717, 1.165) is 6.42 Å². The number of amides is 1. The summed E-state index contributed by atoms with van der Waals surface area (Å²) >= 11 is 0. The number of carbonyl (C=O) groups excluding carboxylic acids is 2. The lowest BCUT2D eigenvalue weighted by Gasteiger charge is -1.96. The van der Waals surface area contributed by atoms with Crippen LogP contribution in [-0.2, 0) is 14.4 Å². The fourth-order valence-electron chi connectivity index (χ4n) is 0.345. The predicted molar refractivity (Wildman–Crippen MR) is 30.2 cm³/mol. The lowest BCUT2D eigenvalue weighted by atomic mass is 10.3. The van der Waals surface area contributed by atoms with Gasteiger partial charge in [-0.05, 0) is 6.42 Å². The van der Waals surface area contributed by atoms with Gasteiger partial charge in [0.25, 0.3) is 0 Å². The topological polar surface area (TPSA) is 55.4 Å². The van der Waals surface area contributed by atoms with Crippen molar-refractivity contribution in [2.75, 3.05) is 0 Å². The number of hydroxylamine groups is 1. The summed E-state index contributed by atoms with van der Waals surface area (Å²) in [7, 11) is 0. The second-order valence-electron chi connectivity index (χ2n) is 1.46. The Bertz CT molecular complexity index is 102. The van der Waals surface area contributed by atoms with E-state index in [1.807, 2.05) is 6.92 Å². The van der Waals surface area contributed by atoms with Crippen molar-refractivity contribution in [3.8, 4) is 0 Å². The van der Waals surface area contributed by atoms with Crippen molar-refractivity contribution < 1.29 is 14.4 Å². The average molecular weight is 131 g/mol. The largest absolute Gasteiger partial charge is 0.341 e. The molecule has 0 aliphatic rings. The minimum Gasteiger partial charge on any atom is -0.341 e. The zero-order valence-corrected chi connectivity index (χ0v) is 5.22. The lowest BCUT2D eigenvalue weighted by molar-refractivity contribution is -0.154. The van der Waals surface area contributed by atoms with Crippen molar-refractivity contribution in [2.45, 2.75) is 19.8 Å². The van der Waals surface area contributed by atoms with Crippen LogP contribution in [0.1, 0.15) is 19.8 Å². The molecule has 4 heteroatoms. The molecule has 0 saturated carbocycles. The number of rotatable bonds is 4. The summed E-state index contributed by atoms with van der Waals surface area (Å²) in [6, 6.07) is 0. The van der Waals surface area contributed by atoms with E-state index in [1.54, 1.807) is 5.48 Å². The molecule has 0 heterocycles. The summed E-state index contributed by atoms with van der Waals surface area (Å²) in [5.41, 5.74) is 1.80. The van der Waals surface area contributed by atoms with Crippen LogP contribution < -0.4 is 5.48 Å². The van der Waals surface area contributed by atoms with Crippen molar-refractivity contribution in [3.05, 3.63) is 0 Å². The van der Waals surface area contributed by atoms with Crippen LogP contribution in [0.15, 0.2) is 0 Å². The van der Waals surface area contributed by atoms with Gasteiger partial charge in [0.05, 0.1) is 0 Å². The van der Waals surface area contributed by atoms with Crippen LogP contribution in [0.25, 0.3) is 0 Å². The molecule has 0 spiro atoms. The summed E-state index contributed by atoms with van der Waals surface area (Å²) in [5, 5.41) is 0. The highest BCUT2D eigenvalue weighted by Crippen LogP contribution is 1.86. The van der Waals surface area contributed by atoms with Crippen molar-refractivity contribution in [1.82, 2.24) is 5.48 Å². The van der Waals surface area contributed by atoms with Gasteiger partial charge in [-0.2, -0.15) is 5.48 Å². The highest BCUT2D eigenvalue weighted by Gasteiger charge is 1.97. The smallest absolute Gasteiger partial charge is 0.332 e. The molecule has 52 valence electrons. The molecular weight excluding hydrogens is 122 g/mol. The third kappa shape index (κ3) is 4.80. The SMILES string of the molecule is CCCC(=O)ONC=O. The fourth-order valence-corrected chi connectivity index (χ4v) is 0.345. The van der Waals surface area contributed by atoms with Crippen molar-refractivity contribution in [1.29, 1.82) is 0 Å². The highest BCUT2D eigenvalue weighted by atomic mass is 16.7. The summed E-state index contributed by atoms with van der Waals surface area (Å²) in [4.78, 5) is 24.1. The molecule has 0 unspecified atom stereocenters. The molecule has 0 aliphatic carbocycles. The van der Waals surface area contributed by atoms with Crippen LogP contribution in [0.2, 0.25) is 0 Å². The van der Waals surface area contributed by atoms with E-state index in [9.17, 15) is 9.59 Å². The standard InChI is InChI=1S/C5H9NO3/c1-2-3-5(8)9-6-4-7/h4H,2-3H2,1H3,(H,6,7). The third-order valence-corrected chi connectivity index (χ3v) is 0.675. The van der Waals surface area contributed by atoms with Crippen molar-refractivity contribution in [2.24, 2.45) is 0 Å². The summed E-state index contributed by atoms with van der Waals surface area (Å²) in [6.07, 6.45) is 1.37. The zero-order chi connectivity index (χ0) is 7.11. The molecule has 0 aromatic rings. The Hall–Kier alpha value is -1.06. The average Bonchev–Trinajstić information content (AvgIpc) is 1.85. The maximum absolute atomic E-state index is 10.4. The Morgan fingerprint density at radius 1 is 1.78 bits per heavy atom. The second kappa shape index (κ2) is 5.08. The van der Waals surface area contributed by atoms with Gasteiger partial charge in [0, 0.05) is 6.42 Å². The van der Waals surface area contributed by atoms with Gasteiger partial charge in [-0.3, -0.25) is 4.79 Å². The molecule has 1 amide bonds. The van der Waals surface area contributed by atoms with Gasteiger partial charge in [0.2, 0.25) is 6.41 Å². The van der Waals surface area contributed by atoms with E-state index in [-0.39, 0.29) is 0 Å². The first kappa shape index (κ1) is 7.94. The molecule has 0 fully saturated rings. The van der Waals surface area contributed by atoms with Gasteiger partial charge in [-0.25, -0.2) is 4.79 Å². The van der Waals surface area contributed by atoms with Gasteiger partial charge >= 0.3 is 5.97 Å². The molecular formula is C5H9NO3. The Labute approximate surface area is 53.1 Å². The first-order valence-electron chi connectivity index (χ1n) is 2.70. The normalized spacial score (nSPS) is 8.11. The van der Waals surface area contributed by atoms with Gasteiger partial charge in [0.1, 0.15) is 0 Å². The Balaban J connectivity index is 3.16. The number of carbonyl (C=O) groups is 2. The van der Waals surface area contributed by atoms with Gasteiger partial charge in [-0.15, -0.1) is 0 Å². The predicted octanol–water partition coefficient (Wildman–Crippen LogP) is -0.00930. The van der Waals surface area contributed by atoms with E-state index >= 15 is 0 Å². The molecule has 0 rings (SSSR count). The molecule has 0 saturated heterocycles. The van der Waals surface area contributed by atoms with E-state index in [4.69, 9.17) is 0 Å².